The van der Waals surface area contributed by atoms with E-state index in [4.69, 9.17) is 4.74 Å². The summed E-state index contributed by atoms with van der Waals surface area (Å²) in [4.78, 5) is 14.7. The molecule has 2 aromatic rings. The number of nitrogens with one attached hydrogen (secondary N) is 1. The van der Waals surface area contributed by atoms with Gasteiger partial charge in [0.05, 0.1) is 19.3 Å². The molecule has 3 rings (SSSR count). The first kappa shape index (κ1) is 17.6. The van der Waals surface area contributed by atoms with Crippen molar-refractivity contribution in [2.75, 3.05) is 32.8 Å². The standard InChI is InChI=1S/C20H23FN2O2/c1-15-7-8-17(13-18(15)21)20(24)22-14-19(16-5-3-2-4-6-16)23-9-11-25-12-10-23/h2-8,13,19H,9-12,14H2,1H3,(H,22,24). The summed E-state index contributed by atoms with van der Waals surface area (Å²) in [5.74, 6) is -0.617. The van der Waals surface area contributed by atoms with Crippen LogP contribution in [0.2, 0.25) is 0 Å². The van der Waals surface area contributed by atoms with Gasteiger partial charge in [-0.2, -0.15) is 0 Å². The molecule has 0 spiro atoms. The number of carbonyl (C=O) groups is 1. The molecular weight excluding hydrogens is 319 g/mol. The highest BCUT2D eigenvalue weighted by atomic mass is 19.1. The lowest BCUT2D eigenvalue weighted by atomic mass is 10.0. The number of nitrogens with zero attached hydrogens (tertiary/aromatic N) is 1. The third kappa shape index (κ3) is 4.44. The molecule has 1 N–H and O–H groups in total. The maximum absolute atomic E-state index is 13.7. The van der Waals surface area contributed by atoms with Gasteiger partial charge in [0.15, 0.2) is 0 Å². The Morgan fingerprint density at radius 3 is 2.60 bits per heavy atom. The second-order valence-electron chi connectivity index (χ2n) is 6.25. The topological polar surface area (TPSA) is 41.6 Å². The number of rotatable bonds is 5. The van der Waals surface area contributed by atoms with Gasteiger partial charge in [0.2, 0.25) is 0 Å². The maximum Gasteiger partial charge on any atom is 0.251 e. The van der Waals surface area contributed by atoms with E-state index in [-0.39, 0.29) is 17.8 Å². The fourth-order valence-electron chi connectivity index (χ4n) is 3.05. The molecule has 5 heteroatoms. The lowest BCUT2D eigenvalue weighted by Crippen LogP contribution is -2.43. The van der Waals surface area contributed by atoms with Gasteiger partial charge in [-0.3, -0.25) is 9.69 Å². The van der Waals surface area contributed by atoms with Gasteiger partial charge in [-0.1, -0.05) is 36.4 Å². The van der Waals surface area contributed by atoms with Gasteiger partial charge in [-0.15, -0.1) is 0 Å². The second-order valence-corrected chi connectivity index (χ2v) is 6.25. The number of hydrogen-bond donors (Lipinski definition) is 1. The van der Waals surface area contributed by atoms with E-state index in [1.54, 1.807) is 19.1 Å². The fourth-order valence-corrected chi connectivity index (χ4v) is 3.05. The van der Waals surface area contributed by atoms with Crippen molar-refractivity contribution in [3.8, 4) is 0 Å². The van der Waals surface area contributed by atoms with Crippen molar-refractivity contribution < 1.29 is 13.9 Å². The molecule has 4 nitrogen and oxygen atoms in total. The van der Waals surface area contributed by atoms with Crippen LogP contribution >= 0.6 is 0 Å². The normalized spacial score (nSPS) is 16.4. The molecule has 1 aliphatic rings. The average molecular weight is 342 g/mol. The molecule has 2 aromatic carbocycles. The number of morpholine rings is 1. The summed E-state index contributed by atoms with van der Waals surface area (Å²) >= 11 is 0. The Morgan fingerprint density at radius 2 is 1.92 bits per heavy atom. The average Bonchev–Trinajstić information content (AvgIpc) is 2.66. The van der Waals surface area contributed by atoms with Gasteiger partial charge in [-0.25, -0.2) is 4.39 Å². The Bertz CT molecular complexity index is 715. The van der Waals surface area contributed by atoms with Crippen LogP contribution in [0.3, 0.4) is 0 Å². The molecule has 0 radical (unpaired) electrons. The number of ether oxygens (including phenoxy) is 1. The van der Waals surface area contributed by atoms with Crippen molar-refractivity contribution in [1.82, 2.24) is 10.2 Å². The Labute approximate surface area is 147 Å². The van der Waals surface area contributed by atoms with Crippen LogP contribution in [0, 0.1) is 12.7 Å². The van der Waals surface area contributed by atoms with E-state index < -0.39 is 0 Å². The predicted octanol–water partition coefficient (Wildman–Crippen LogP) is 2.94. The smallest absolute Gasteiger partial charge is 0.251 e. The van der Waals surface area contributed by atoms with Crippen LogP contribution in [-0.2, 0) is 4.74 Å². The van der Waals surface area contributed by atoms with E-state index in [0.29, 0.717) is 30.9 Å². The molecule has 1 atom stereocenters. The summed E-state index contributed by atoms with van der Waals surface area (Å²) in [5, 5.41) is 2.95. The minimum atomic E-state index is -0.361. The highest BCUT2D eigenvalue weighted by Crippen LogP contribution is 2.21. The van der Waals surface area contributed by atoms with Gasteiger partial charge in [-0.05, 0) is 30.2 Å². The van der Waals surface area contributed by atoms with Crippen LogP contribution in [0.15, 0.2) is 48.5 Å². The molecule has 1 amide bonds. The first-order valence-electron chi connectivity index (χ1n) is 8.56. The summed E-state index contributed by atoms with van der Waals surface area (Å²) in [6, 6.07) is 14.8. The van der Waals surface area contributed by atoms with Crippen LogP contribution < -0.4 is 5.32 Å². The molecule has 132 valence electrons. The van der Waals surface area contributed by atoms with Gasteiger partial charge < -0.3 is 10.1 Å². The largest absolute Gasteiger partial charge is 0.379 e. The SMILES string of the molecule is Cc1ccc(C(=O)NCC(c2ccccc2)N2CCOCC2)cc1F. The monoisotopic (exact) mass is 342 g/mol. The molecule has 1 unspecified atom stereocenters. The Hall–Kier alpha value is -2.24. The molecule has 0 aliphatic carbocycles. The van der Waals surface area contributed by atoms with Crippen molar-refractivity contribution in [2.24, 2.45) is 0 Å². The van der Waals surface area contributed by atoms with E-state index in [0.717, 1.165) is 18.7 Å². The number of hydrogen-bond acceptors (Lipinski definition) is 3. The molecule has 0 saturated carbocycles. The fraction of sp³-hybridized carbons (Fsp3) is 0.350. The minimum absolute atomic E-state index is 0.0735. The molecule has 1 heterocycles. The zero-order valence-corrected chi connectivity index (χ0v) is 14.4. The van der Waals surface area contributed by atoms with Gasteiger partial charge in [0.25, 0.3) is 5.91 Å². The van der Waals surface area contributed by atoms with Gasteiger partial charge >= 0.3 is 0 Å². The molecule has 0 bridgehead atoms. The van der Waals surface area contributed by atoms with E-state index in [2.05, 4.69) is 22.3 Å². The highest BCUT2D eigenvalue weighted by Gasteiger charge is 2.23. The highest BCUT2D eigenvalue weighted by molar-refractivity contribution is 5.94. The zero-order valence-electron chi connectivity index (χ0n) is 14.4. The van der Waals surface area contributed by atoms with Crippen molar-refractivity contribution >= 4 is 5.91 Å². The number of halogens is 1. The summed E-state index contributed by atoms with van der Waals surface area (Å²) in [6.07, 6.45) is 0. The summed E-state index contributed by atoms with van der Waals surface area (Å²) in [5.41, 5.74) is 2.03. The minimum Gasteiger partial charge on any atom is -0.379 e. The van der Waals surface area contributed by atoms with E-state index in [1.807, 2.05) is 18.2 Å². The number of amides is 1. The second kappa shape index (κ2) is 8.23. The molecular formula is C20H23FN2O2. The number of carbonyl (C=O) groups excluding carboxylic acids is 1. The van der Waals surface area contributed by atoms with Crippen LogP contribution in [0.5, 0.6) is 0 Å². The third-order valence-electron chi connectivity index (χ3n) is 4.56. The molecule has 1 aliphatic heterocycles. The van der Waals surface area contributed by atoms with Crippen LogP contribution in [-0.4, -0.2) is 43.7 Å². The molecule has 1 fully saturated rings. The lowest BCUT2D eigenvalue weighted by Gasteiger charge is -2.35. The van der Waals surface area contributed by atoms with Crippen molar-refractivity contribution in [3.63, 3.8) is 0 Å². The maximum atomic E-state index is 13.7. The van der Waals surface area contributed by atoms with Crippen molar-refractivity contribution in [2.45, 2.75) is 13.0 Å². The Morgan fingerprint density at radius 1 is 1.20 bits per heavy atom. The van der Waals surface area contributed by atoms with E-state index in [9.17, 15) is 9.18 Å². The van der Waals surface area contributed by atoms with Gasteiger partial charge in [0.1, 0.15) is 5.82 Å². The summed E-state index contributed by atoms with van der Waals surface area (Å²) < 4.78 is 19.1. The van der Waals surface area contributed by atoms with Crippen molar-refractivity contribution in [3.05, 3.63) is 71.0 Å². The zero-order chi connectivity index (χ0) is 17.6. The molecule has 1 saturated heterocycles. The van der Waals surface area contributed by atoms with Crippen molar-refractivity contribution in [1.29, 1.82) is 0 Å². The van der Waals surface area contributed by atoms with Gasteiger partial charge in [0, 0.05) is 25.2 Å². The predicted molar refractivity (Wildman–Crippen MR) is 95.0 cm³/mol. The summed E-state index contributed by atoms with van der Waals surface area (Å²) in [7, 11) is 0. The quantitative estimate of drug-likeness (QED) is 0.908. The van der Waals surface area contributed by atoms with Crippen LogP contribution in [0.1, 0.15) is 27.5 Å². The van der Waals surface area contributed by atoms with Crippen LogP contribution in [0.25, 0.3) is 0 Å². The Balaban J connectivity index is 1.71. The number of aryl methyl sites for hydroxylation is 1. The first-order chi connectivity index (χ1) is 12.1. The van der Waals surface area contributed by atoms with E-state index >= 15 is 0 Å². The third-order valence-corrected chi connectivity index (χ3v) is 4.56. The molecule has 0 aromatic heterocycles. The first-order valence-corrected chi connectivity index (χ1v) is 8.56. The summed E-state index contributed by atoms with van der Waals surface area (Å²) in [6.45, 7) is 5.20. The molecule has 25 heavy (non-hydrogen) atoms. The number of benzene rings is 2. The van der Waals surface area contributed by atoms with Crippen LogP contribution in [0.4, 0.5) is 4.39 Å². The Kier molecular flexibility index (Phi) is 5.79. The lowest BCUT2D eigenvalue weighted by molar-refractivity contribution is 0.0162. The van der Waals surface area contributed by atoms with E-state index in [1.165, 1.54) is 6.07 Å².